The maximum atomic E-state index is 13.7. The molecule has 4 aliphatic rings. The van der Waals surface area contributed by atoms with E-state index in [2.05, 4.69) is 16.0 Å². The lowest BCUT2D eigenvalue weighted by atomic mass is 10.1. The Hall–Kier alpha value is -4.48. The Bertz CT molecular complexity index is 1370. The molecule has 4 aliphatic heterocycles. The van der Waals surface area contributed by atoms with Crippen molar-refractivity contribution >= 4 is 47.9 Å². The summed E-state index contributed by atoms with van der Waals surface area (Å²) in [5.74, 6) is -0.409. The highest BCUT2D eigenvalue weighted by Gasteiger charge is 2.42. The van der Waals surface area contributed by atoms with Crippen LogP contribution in [-0.2, 0) is 14.4 Å². The molecular weight excluding hydrogens is 775 g/mol. The molecule has 0 spiro atoms. The van der Waals surface area contributed by atoms with Crippen LogP contribution >= 0.6 is 0 Å². The van der Waals surface area contributed by atoms with Crippen molar-refractivity contribution < 1.29 is 43.5 Å². The monoisotopic (exact) mass is 846 g/mol. The number of carbonyl (C=O) groups is 8. The fraction of sp³-hybridized carbons (Fsp3) is 0.810. The first kappa shape index (κ1) is 48.2. The molecule has 4 saturated heterocycles. The Balaban J connectivity index is 1.20. The number of nitrogens with one attached hydrogen (secondary N) is 3. The van der Waals surface area contributed by atoms with Crippen LogP contribution in [0.2, 0.25) is 0 Å². The Morgan fingerprint density at radius 1 is 0.433 bits per heavy atom. The average molecular weight is 846 g/mol. The number of rotatable bonds is 21. The molecule has 0 aromatic rings. The molecule has 0 atom stereocenters. The number of likely N-dealkylation sites (tertiary alicyclic amines) is 3. The highest BCUT2D eigenvalue weighted by Crippen LogP contribution is 2.22. The molecule has 60 heavy (non-hydrogen) atoms. The molecule has 338 valence electrons. The van der Waals surface area contributed by atoms with Crippen LogP contribution in [0.25, 0.3) is 0 Å². The van der Waals surface area contributed by atoms with Gasteiger partial charge in [0.25, 0.3) is 0 Å². The van der Waals surface area contributed by atoms with Gasteiger partial charge in [-0.05, 0) is 77.0 Å². The number of hydrogen-bond acceptors (Lipinski definition) is 9. The normalized spacial score (nSPS) is 18.7. The number of urea groups is 5. The van der Waals surface area contributed by atoms with Crippen LogP contribution < -0.4 is 16.0 Å². The van der Waals surface area contributed by atoms with Gasteiger partial charge in [-0.2, -0.15) is 0 Å². The summed E-state index contributed by atoms with van der Waals surface area (Å²) in [5, 5.41) is 19.8. The van der Waals surface area contributed by atoms with Crippen molar-refractivity contribution in [3.8, 4) is 0 Å². The summed E-state index contributed by atoms with van der Waals surface area (Å²) in [5.41, 5.74) is 0. The molecule has 0 aliphatic carbocycles. The van der Waals surface area contributed by atoms with Crippen molar-refractivity contribution in [3.63, 3.8) is 0 Å². The molecule has 0 aromatic heterocycles. The average Bonchev–Trinajstić information content (AvgIpc) is 3.70. The molecule has 4 fully saturated rings. The van der Waals surface area contributed by atoms with E-state index < -0.39 is 18.4 Å². The van der Waals surface area contributed by atoms with Crippen LogP contribution in [0.3, 0.4) is 0 Å². The van der Waals surface area contributed by atoms with Gasteiger partial charge in [0.15, 0.2) is 0 Å². The summed E-state index contributed by atoms with van der Waals surface area (Å²) >= 11 is 0. The van der Waals surface area contributed by atoms with Crippen molar-refractivity contribution in [3.05, 3.63) is 0 Å². The summed E-state index contributed by atoms with van der Waals surface area (Å²) in [4.78, 5) is 109. The van der Waals surface area contributed by atoms with E-state index in [1.807, 2.05) is 0 Å². The lowest BCUT2D eigenvalue weighted by molar-refractivity contribution is -0.128. The van der Waals surface area contributed by atoms with Crippen LogP contribution in [-0.4, -0.2) is 148 Å². The zero-order valence-electron chi connectivity index (χ0n) is 35.8. The molecule has 0 saturated carbocycles. The van der Waals surface area contributed by atoms with E-state index in [9.17, 15) is 43.5 Å². The van der Waals surface area contributed by atoms with E-state index in [1.54, 1.807) is 0 Å². The Morgan fingerprint density at radius 2 is 0.750 bits per heavy atom. The summed E-state index contributed by atoms with van der Waals surface area (Å²) in [7, 11) is 0. The van der Waals surface area contributed by atoms with E-state index >= 15 is 0 Å². The van der Waals surface area contributed by atoms with Crippen molar-refractivity contribution in [2.75, 3.05) is 58.9 Å². The Morgan fingerprint density at radius 3 is 1.10 bits per heavy atom. The topological polar surface area (TPSA) is 212 Å². The van der Waals surface area contributed by atoms with Gasteiger partial charge >= 0.3 is 30.2 Å². The second kappa shape index (κ2) is 26.7. The molecule has 18 nitrogen and oxygen atoms in total. The van der Waals surface area contributed by atoms with Gasteiger partial charge in [0.2, 0.25) is 24.1 Å². The predicted molar refractivity (Wildman–Crippen MR) is 223 cm³/mol. The van der Waals surface area contributed by atoms with E-state index in [4.69, 9.17) is 0 Å². The Kier molecular flexibility index (Phi) is 21.4. The first-order chi connectivity index (χ1) is 29.1. The summed E-state index contributed by atoms with van der Waals surface area (Å²) < 4.78 is 0. The number of aliphatic hydroxyl groups is 1. The minimum Gasteiger partial charge on any atom is -0.356 e. The van der Waals surface area contributed by atoms with Crippen molar-refractivity contribution in [1.82, 2.24) is 45.3 Å². The molecule has 0 aromatic carbocycles. The Labute approximate surface area is 355 Å². The molecule has 4 heterocycles. The lowest BCUT2D eigenvalue weighted by Crippen LogP contribution is -2.66. The molecule has 4 rings (SSSR count). The fourth-order valence-electron chi connectivity index (χ4n) is 8.11. The quantitative estimate of drug-likeness (QED) is 0.108. The number of aliphatic hydroxyl groups excluding tert-OH is 1. The van der Waals surface area contributed by atoms with E-state index in [0.717, 1.165) is 89.9 Å². The van der Waals surface area contributed by atoms with Gasteiger partial charge in [-0.1, -0.05) is 57.8 Å². The van der Waals surface area contributed by atoms with Crippen LogP contribution in [0.4, 0.5) is 24.0 Å². The third-order valence-electron chi connectivity index (χ3n) is 11.8. The van der Waals surface area contributed by atoms with Crippen molar-refractivity contribution in [2.24, 2.45) is 0 Å². The number of hydrogen-bond donors (Lipinski definition) is 4. The highest BCUT2D eigenvalue weighted by molar-refractivity contribution is 5.97. The number of imide groups is 4. The molecule has 0 bridgehead atoms. The van der Waals surface area contributed by atoms with E-state index in [0.29, 0.717) is 103 Å². The van der Waals surface area contributed by atoms with E-state index in [-0.39, 0.29) is 55.4 Å². The van der Waals surface area contributed by atoms with Crippen LogP contribution in [0.5, 0.6) is 0 Å². The second-order valence-corrected chi connectivity index (χ2v) is 16.5. The molecule has 0 radical (unpaired) electrons. The molecule has 0 unspecified atom stereocenters. The van der Waals surface area contributed by atoms with Crippen LogP contribution in [0, 0.1) is 0 Å². The smallest absolute Gasteiger partial charge is 0.331 e. The molecule has 4 N–H and O–H groups in total. The van der Waals surface area contributed by atoms with Gasteiger partial charge in [-0.3, -0.25) is 38.9 Å². The zero-order valence-corrected chi connectivity index (χ0v) is 35.8. The van der Waals surface area contributed by atoms with Gasteiger partial charge < -0.3 is 21.1 Å². The second-order valence-electron chi connectivity index (χ2n) is 16.5. The number of nitrogens with zero attached hydrogens (tertiary/aromatic N) is 6. The molecule has 13 amide bonds. The van der Waals surface area contributed by atoms with Crippen molar-refractivity contribution in [2.45, 2.75) is 160 Å². The minimum absolute atomic E-state index is 0.136. The maximum Gasteiger partial charge on any atom is 0.331 e. The summed E-state index contributed by atoms with van der Waals surface area (Å²) in [6, 6.07) is -2.13. The summed E-state index contributed by atoms with van der Waals surface area (Å²) in [6.45, 7) is 3.28. The third-order valence-corrected chi connectivity index (χ3v) is 11.8. The van der Waals surface area contributed by atoms with Gasteiger partial charge in [-0.25, -0.2) is 28.9 Å². The SMILES string of the molecule is O=C1CCCCCN1C(=O)NCCCCCCN1C(=O)N(CCCCCCNC(=O)N2CCCCCC2=O)C(O)N(CCCCCCNC(=O)N2CCCCCC2=O)C1=O. The summed E-state index contributed by atoms with van der Waals surface area (Å²) in [6.07, 6.45) is 15.7. The number of amides is 13. The maximum absolute atomic E-state index is 13.7. The van der Waals surface area contributed by atoms with Gasteiger partial charge in [0, 0.05) is 78.2 Å². The molecule has 18 heteroatoms. The zero-order chi connectivity index (χ0) is 43.1. The number of carbonyl (C=O) groups excluding carboxylic acids is 8. The first-order valence-corrected chi connectivity index (χ1v) is 22.9. The van der Waals surface area contributed by atoms with Crippen LogP contribution in [0.15, 0.2) is 0 Å². The van der Waals surface area contributed by atoms with E-state index in [1.165, 1.54) is 29.4 Å². The first-order valence-electron chi connectivity index (χ1n) is 22.9. The highest BCUT2D eigenvalue weighted by atomic mass is 16.3. The van der Waals surface area contributed by atoms with Gasteiger partial charge in [-0.15, -0.1) is 0 Å². The fourth-order valence-corrected chi connectivity index (χ4v) is 8.11. The van der Waals surface area contributed by atoms with Crippen LogP contribution in [0.1, 0.15) is 154 Å². The van der Waals surface area contributed by atoms with Gasteiger partial charge in [0.1, 0.15) is 0 Å². The predicted octanol–water partition coefficient (Wildman–Crippen LogP) is 5.44. The largest absolute Gasteiger partial charge is 0.356 e. The molecular formula is C42H71N9O9. The number of unbranched alkanes of at least 4 members (excludes halogenated alkanes) is 9. The third kappa shape index (κ3) is 15.5. The minimum atomic E-state index is -1.41. The lowest BCUT2D eigenvalue weighted by Gasteiger charge is -2.44. The van der Waals surface area contributed by atoms with Crippen molar-refractivity contribution in [1.29, 1.82) is 0 Å². The van der Waals surface area contributed by atoms with Gasteiger partial charge in [0.05, 0.1) is 0 Å². The standard InChI is InChI=1S/C42H71N9O9/c52-34-22-10-7-19-28-46(34)37(55)43-25-13-1-4-16-31-49-40(58)50(32-17-5-2-14-26-44-38(56)47-29-20-8-11-23-35(47)53)42(60)51(41(49)59)33-18-6-3-15-27-45-39(57)48-30-21-9-12-24-36(48)54/h40,58H,1-33H2,(H,43,55)(H,44,56)(H,45,57).